The lowest BCUT2D eigenvalue weighted by molar-refractivity contribution is -0.384. The van der Waals surface area contributed by atoms with Crippen molar-refractivity contribution >= 4 is 52.3 Å². The summed E-state index contributed by atoms with van der Waals surface area (Å²) >= 11 is 12.4. The van der Waals surface area contributed by atoms with Gasteiger partial charge in [0.25, 0.3) is 11.6 Å². The predicted octanol–water partition coefficient (Wildman–Crippen LogP) is 7.63. The molecule has 0 N–H and O–H groups in total. The van der Waals surface area contributed by atoms with E-state index in [0.717, 1.165) is 5.56 Å². The van der Waals surface area contributed by atoms with Crippen molar-refractivity contribution in [2.24, 2.45) is 0 Å². The van der Waals surface area contributed by atoms with Crippen LogP contribution in [0.25, 0.3) is 23.1 Å². The van der Waals surface area contributed by atoms with E-state index in [4.69, 9.17) is 27.6 Å². The molecule has 8 heteroatoms. The molecule has 4 aromatic rings. The highest BCUT2D eigenvalue weighted by atomic mass is 35.5. The van der Waals surface area contributed by atoms with Crippen LogP contribution in [-0.4, -0.2) is 10.8 Å². The van der Waals surface area contributed by atoms with Crippen molar-refractivity contribution in [1.82, 2.24) is 0 Å². The largest absolute Gasteiger partial charge is 0.457 e. The maximum absolute atomic E-state index is 13.5. The first kappa shape index (κ1) is 22.7. The molecule has 5 rings (SSSR count). The minimum atomic E-state index is -0.488. The van der Waals surface area contributed by atoms with E-state index >= 15 is 0 Å². The maximum Gasteiger partial charge on any atom is 0.271 e. The number of halogens is 2. The van der Waals surface area contributed by atoms with Gasteiger partial charge in [-0.1, -0.05) is 59.6 Å². The van der Waals surface area contributed by atoms with Crippen molar-refractivity contribution in [2.45, 2.75) is 0 Å². The van der Waals surface area contributed by atoms with Crippen LogP contribution in [0.1, 0.15) is 11.3 Å². The Labute approximate surface area is 210 Å². The average Bonchev–Trinajstić information content (AvgIpc) is 3.46. The van der Waals surface area contributed by atoms with E-state index in [9.17, 15) is 14.9 Å². The number of carbonyl (C=O) groups is 1. The Morgan fingerprint density at radius 1 is 0.914 bits per heavy atom. The van der Waals surface area contributed by atoms with Crippen LogP contribution in [0.4, 0.5) is 11.4 Å². The molecule has 6 nitrogen and oxygen atoms in total. The van der Waals surface area contributed by atoms with Crippen molar-refractivity contribution < 1.29 is 14.1 Å². The van der Waals surface area contributed by atoms with Crippen molar-refractivity contribution in [1.29, 1.82) is 0 Å². The molecule has 0 bridgehead atoms. The molecule has 35 heavy (non-hydrogen) atoms. The lowest BCUT2D eigenvalue weighted by Crippen LogP contribution is -2.25. The third kappa shape index (κ3) is 4.49. The fourth-order valence-corrected chi connectivity index (χ4v) is 4.24. The van der Waals surface area contributed by atoms with E-state index in [2.05, 4.69) is 0 Å². The number of carbonyl (C=O) groups excluding carboxylic acids is 1. The first-order chi connectivity index (χ1) is 16.9. The van der Waals surface area contributed by atoms with Crippen LogP contribution < -0.4 is 4.90 Å². The molecule has 1 aliphatic rings. The SMILES string of the molecule is O=C1C(=Cc2ccc(-c3cc(Cl)ccc3Cl)o2)C=C(c2ccccc2)N1c1cccc([N+](=O)[O-])c1. The summed E-state index contributed by atoms with van der Waals surface area (Å²) in [5.74, 6) is 0.629. The van der Waals surface area contributed by atoms with Crippen molar-refractivity contribution in [3.05, 3.63) is 128 Å². The number of hydrogen-bond acceptors (Lipinski definition) is 4. The van der Waals surface area contributed by atoms with Crippen molar-refractivity contribution in [3.63, 3.8) is 0 Å². The number of furan rings is 1. The first-order valence-corrected chi connectivity index (χ1v) is 11.3. The van der Waals surface area contributed by atoms with E-state index in [1.165, 1.54) is 17.0 Å². The topological polar surface area (TPSA) is 76.6 Å². The summed E-state index contributed by atoms with van der Waals surface area (Å²) in [7, 11) is 0. The van der Waals surface area contributed by atoms with E-state index in [-0.39, 0.29) is 11.6 Å². The summed E-state index contributed by atoms with van der Waals surface area (Å²) < 4.78 is 5.94. The van der Waals surface area contributed by atoms with Crippen molar-refractivity contribution in [3.8, 4) is 11.3 Å². The van der Waals surface area contributed by atoms with Crippen molar-refractivity contribution in [2.75, 3.05) is 4.90 Å². The average molecular weight is 503 g/mol. The van der Waals surface area contributed by atoms with E-state index in [1.807, 2.05) is 30.3 Å². The first-order valence-electron chi connectivity index (χ1n) is 10.5. The van der Waals surface area contributed by atoms with Gasteiger partial charge in [0, 0.05) is 28.3 Å². The molecular formula is C27H16Cl2N2O4. The lowest BCUT2D eigenvalue weighted by Gasteiger charge is -2.20. The molecule has 0 saturated heterocycles. The van der Waals surface area contributed by atoms with Gasteiger partial charge >= 0.3 is 0 Å². The Morgan fingerprint density at radius 2 is 1.71 bits per heavy atom. The molecule has 0 aliphatic carbocycles. The number of hydrogen-bond donors (Lipinski definition) is 0. The number of anilines is 1. The third-order valence-electron chi connectivity index (χ3n) is 5.47. The molecule has 0 unspecified atom stereocenters. The summed E-state index contributed by atoms with van der Waals surface area (Å²) in [5, 5.41) is 12.3. The Bertz CT molecular complexity index is 1520. The molecule has 3 aromatic carbocycles. The molecule has 172 valence electrons. The minimum absolute atomic E-state index is 0.103. The molecule has 1 amide bonds. The summed E-state index contributed by atoms with van der Waals surface area (Å²) in [6.07, 6.45) is 3.37. The van der Waals surface area contributed by atoms with E-state index in [1.54, 1.807) is 54.6 Å². The number of rotatable bonds is 5. The van der Waals surface area contributed by atoms with Crippen LogP contribution in [0.2, 0.25) is 10.0 Å². The van der Waals surface area contributed by atoms with Gasteiger partial charge in [-0.3, -0.25) is 19.8 Å². The van der Waals surface area contributed by atoms with Crippen LogP contribution in [0, 0.1) is 10.1 Å². The van der Waals surface area contributed by atoms with Gasteiger partial charge in [0.15, 0.2) is 0 Å². The summed E-state index contributed by atoms with van der Waals surface area (Å²) in [4.78, 5) is 25.8. The second-order valence-electron chi connectivity index (χ2n) is 7.74. The van der Waals surface area contributed by atoms with Gasteiger partial charge in [0.05, 0.1) is 21.3 Å². The van der Waals surface area contributed by atoms with Gasteiger partial charge in [0.2, 0.25) is 0 Å². The number of non-ortho nitro benzene ring substituents is 1. The van der Waals surface area contributed by atoms with Crippen LogP contribution in [0.5, 0.6) is 0 Å². The van der Waals surface area contributed by atoms with Gasteiger partial charge in [0.1, 0.15) is 11.5 Å². The van der Waals surface area contributed by atoms with E-state index in [0.29, 0.717) is 44.1 Å². The molecular weight excluding hydrogens is 487 g/mol. The second kappa shape index (κ2) is 9.25. The minimum Gasteiger partial charge on any atom is -0.457 e. The zero-order chi connectivity index (χ0) is 24.5. The zero-order valence-corrected chi connectivity index (χ0v) is 19.5. The Kier molecular flexibility index (Phi) is 5.99. The molecule has 2 heterocycles. The summed E-state index contributed by atoms with van der Waals surface area (Å²) in [6.45, 7) is 0. The van der Waals surface area contributed by atoms with Gasteiger partial charge in [-0.05, 0) is 54.1 Å². The van der Waals surface area contributed by atoms with Gasteiger partial charge in [-0.15, -0.1) is 0 Å². The molecule has 1 aromatic heterocycles. The molecule has 0 atom stereocenters. The standard InChI is InChI=1S/C27H16Cl2N2O4/c28-19-9-11-24(29)23(15-19)26-12-10-22(35-26)13-18-14-25(17-5-2-1-3-6-17)30(27(18)32)20-7-4-8-21(16-20)31(33)34/h1-16H. The monoisotopic (exact) mass is 502 g/mol. The fourth-order valence-electron chi connectivity index (χ4n) is 3.85. The van der Waals surface area contributed by atoms with Crippen LogP contribution >= 0.6 is 23.2 Å². The quantitative estimate of drug-likeness (QED) is 0.159. The van der Waals surface area contributed by atoms with Crippen LogP contribution in [-0.2, 0) is 4.79 Å². The number of benzene rings is 3. The second-order valence-corrected chi connectivity index (χ2v) is 8.58. The molecule has 0 radical (unpaired) electrons. The molecule has 0 saturated carbocycles. The summed E-state index contributed by atoms with van der Waals surface area (Å²) in [5.41, 5.74) is 2.70. The zero-order valence-electron chi connectivity index (χ0n) is 18.0. The number of nitro groups is 1. The Morgan fingerprint density at radius 3 is 2.49 bits per heavy atom. The molecule has 1 aliphatic heterocycles. The summed E-state index contributed by atoms with van der Waals surface area (Å²) in [6, 6.07) is 23.9. The fraction of sp³-hybridized carbons (Fsp3) is 0. The van der Waals surface area contributed by atoms with Gasteiger partial charge in [-0.25, -0.2) is 0 Å². The predicted molar refractivity (Wildman–Crippen MR) is 137 cm³/mol. The number of amides is 1. The molecule has 0 fully saturated rings. The lowest BCUT2D eigenvalue weighted by atomic mass is 10.1. The normalized spacial score (nSPS) is 14.5. The van der Waals surface area contributed by atoms with Crippen LogP contribution in [0.15, 0.2) is 101 Å². The highest BCUT2D eigenvalue weighted by Gasteiger charge is 2.31. The third-order valence-corrected chi connectivity index (χ3v) is 6.03. The van der Waals surface area contributed by atoms with E-state index < -0.39 is 4.92 Å². The van der Waals surface area contributed by atoms with Gasteiger partial charge < -0.3 is 4.42 Å². The van der Waals surface area contributed by atoms with Gasteiger partial charge in [-0.2, -0.15) is 0 Å². The Balaban J connectivity index is 1.56. The number of nitro benzene ring substituents is 1. The Hall–Kier alpha value is -4.13. The highest BCUT2D eigenvalue weighted by molar-refractivity contribution is 6.35. The van der Waals surface area contributed by atoms with Crippen LogP contribution in [0.3, 0.4) is 0 Å². The maximum atomic E-state index is 13.5. The number of nitrogens with zero attached hydrogens (tertiary/aromatic N) is 2. The smallest absolute Gasteiger partial charge is 0.271 e. The highest BCUT2D eigenvalue weighted by Crippen LogP contribution is 2.37. The molecule has 0 spiro atoms.